The van der Waals surface area contributed by atoms with Crippen molar-refractivity contribution in [2.45, 2.75) is 6.92 Å². The first-order chi connectivity index (χ1) is 13.1. The summed E-state index contributed by atoms with van der Waals surface area (Å²) in [5.74, 6) is -14.0. The van der Waals surface area contributed by atoms with Crippen LogP contribution < -0.4 is 10.6 Å². The van der Waals surface area contributed by atoms with Gasteiger partial charge in [-0.1, -0.05) is 0 Å². The highest BCUT2D eigenvalue weighted by molar-refractivity contribution is 5.96. The molecule has 0 heterocycles. The molecule has 6 nitrogen and oxygen atoms in total. The normalized spacial score (nSPS) is 10.4. The molecule has 0 saturated heterocycles. The zero-order valence-corrected chi connectivity index (χ0v) is 14.0. The summed E-state index contributed by atoms with van der Waals surface area (Å²) in [6, 6.07) is 5.31. The molecule has 0 aliphatic carbocycles. The molecule has 0 aliphatic heterocycles. The molecular formula is C17H11F5N2O4. The molecular weight excluding hydrogens is 391 g/mol. The summed E-state index contributed by atoms with van der Waals surface area (Å²) in [6.07, 6.45) is 0. The fraction of sp³-hybridized carbons (Fsp3) is 0.118. The topological polar surface area (TPSA) is 84.5 Å². The van der Waals surface area contributed by atoms with E-state index in [0.29, 0.717) is 5.69 Å². The van der Waals surface area contributed by atoms with Crippen LogP contribution in [0.3, 0.4) is 0 Å². The number of amides is 2. The van der Waals surface area contributed by atoms with E-state index in [4.69, 9.17) is 0 Å². The Morgan fingerprint density at radius 3 is 1.82 bits per heavy atom. The number of halogens is 5. The van der Waals surface area contributed by atoms with E-state index in [1.54, 1.807) is 0 Å². The third-order valence-corrected chi connectivity index (χ3v) is 3.25. The lowest BCUT2D eigenvalue weighted by molar-refractivity contribution is -0.119. The average molecular weight is 402 g/mol. The quantitative estimate of drug-likeness (QED) is 0.348. The molecule has 11 heteroatoms. The largest absolute Gasteiger partial charge is 0.452 e. The van der Waals surface area contributed by atoms with Crippen LogP contribution in [0.15, 0.2) is 24.3 Å². The van der Waals surface area contributed by atoms with Crippen LogP contribution >= 0.6 is 0 Å². The first-order valence-electron chi connectivity index (χ1n) is 7.48. The number of carbonyl (C=O) groups is 3. The molecule has 0 spiro atoms. The zero-order chi connectivity index (χ0) is 21.0. The van der Waals surface area contributed by atoms with Crippen LogP contribution in [0.1, 0.15) is 17.3 Å². The molecule has 0 atom stereocenters. The van der Waals surface area contributed by atoms with E-state index in [1.165, 1.54) is 36.5 Å². The Morgan fingerprint density at radius 2 is 1.32 bits per heavy atom. The van der Waals surface area contributed by atoms with Gasteiger partial charge in [0.05, 0.1) is 5.56 Å². The highest BCUT2D eigenvalue weighted by Crippen LogP contribution is 2.27. The Bertz CT molecular complexity index is 919. The van der Waals surface area contributed by atoms with Gasteiger partial charge < -0.3 is 15.4 Å². The summed E-state index contributed by atoms with van der Waals surface area (Å²) < 4.78 is 70.7. The Hall–Kier alpha value is -3.50. The van der Waals surface area contributed by atoms with E-state index in [9.17, 15) is 36.3 Å². The number of hydrogen-bond donors (Lipinski definition) is 2. The van der Waals surface area contributed by atoms with Crippen molar-refractivity contribution < 1.29 is 41.1 Å². The predicted molar refractivity (Wildman–Crippen MR) is 85.9 cm³/mol. The molecule has 148 valence electrons. The monoisotopic (exact) mass is 402 g/mol. The van der Waals surface area contributed by atoms with Gasteiger partial charge in [0.15, 0.2) is 29.9 Å². The van der Waals surface area contributed by atoms with Crippen molar-refractivity contribution in [1.82, 2.24) is 0 Å². The first-order valence-corrected chi connectivity index (χ1v) is 7.48. The van der Waals surface area contributed by atoms with Crippen LogP contribution in [0.2, 0.25) is 0 Å². The minimum Gasteiger partial charge on any atom is -0.452 e. The van der Waals surface area contributed by atoms with Gasteiger partial charge in [0, 0.05) is 12.6 Å². The number of benzene rings is 2. The Morgan fingerprint density at radius 1 is 0.821 bits per heavy atom. The number of esters is 1. The maximum atomic E-state index is 13.5. The van der Waals surface area contributed by atoms with E-state index in [-0.39, 0.29) is 11.5 Å². The molecule has 2 amide bonds. The number of carbonyl (C=O) groups excluding carboxylic acids is 3. The zero-order valence-electron chi connectivity index (χ0n) is 14.0. The molecule has 0 saturated carbocycles. The maximum absolute atomic E-state index is 13.5. The summed E-state index contributed by atoms with van der Waals surface area (Å²) in [7, 11) is 0. The molecule has 2 rings (SSSR count). The van der Waals surface area contributed by atoms with Gasteiger partial charge in [0.2, 0.25) is 11.7 Å². The highest BCUT2D eigenvalue weighted by atomic mass is 19.2. The number of hydrogen-bond acceptors (Lipinski definition) is 4. The second-order valence-corrected chi connectivity index (χ2v) is 5.33. The van der Waals surface area contributed by atoms with Crippen LogP contribution in [-0.2, 0) is 14.3 Å². The van der Waals surface area contributed by atoms with E-state index in [2.05, 4.69) is 10.1 Å². The van der Waals surface area contributed by atoms with Crippen molar-refractivity contribution in [2.75, 3.05) is 17.2 Å². The van der Waals surface area contributed by atoms with Crippen LogP contribution in [0.4, 0.5) is 33.3 Å². The van der Waals surface area contributed by atoms with Crippen LogP contribution in [0.5, 0.6) is 0 Å². The predicted octanol–water partition coefficient (Wildman–Crippen LogP) is 3.14. The molecule has 0 aromatic heterocycles. The van der Waals surface area contributed by atoms with Gasteiger partial charge in [0.25, 0.3) is 5.91 Å². The summed E-state index contributed by atoms with van der Waals surface area (Å²) in [5.41, 5.74) is -1.18. The number of ether oxygens (including phenoxy) is 1. The molecule has 0 unspecified atom stereocenters. The first kappa shape index (κ1) is 20.8. The third-order valence-electron chi connectivity index (χ3n) is 3.25. The van der Waals surface area contributed by atoms with Gasteiger partial charge in [-0.2, -0.15) is 0 Å². The second kappa shape index (κ2) is 8.46. The minimum atomic E-state index is -2.37. The average Bonchev–Trinajstić information content (AvgIpc) is 2.66. The lowest BCUT2D eigenvalue weighted by atomic mass is 10.2. The van der Waals surface area contributed by atoms with Crippen molar-refractivity contribution in [3.8, 4) is 0 Å². The SMILES string of the molecule is CC(=O)Nc1ccc(C(=O)OCC(=O)Nc2c(F)c(F)c(F)c(F)c2F)cc1. The smallest absolute Gasteiger partial charge is 0.338 e. The Kier molecular flexibility index (Phi) is 6.29. The minimum absolute atomic E-state index is 0.0156. The molecule has 0 aliphatic rings. The van der Waals surface area contributed by atoms with Crippen molar-refractivity contribution in [3.63, 3.8) is 0 Å². The Labute approximate surface area is 154 Å². The highest BCUT2D eigenvalue weighted by Gasteiger charge is 2.27. The Balaban J connectivity index is 2.01. The van der Waals surface area contributed by atoms with E-state index >= 15 is 0 Å². The molecule has 2 aromatic rings. The molecule has 2 N–H and O–H groups in total. The fourth-order valence-electron chi connectivity index (χ4n) is 2.00. The van der Waals surface area contributed by atoms with Crippen molar-refractivity contribution in [1.29, 1.82) is 0 Å². The van der Waals surface area contributed by atoms with E-state index in [0.717, 1.165) is 0 Å². The van der Waals surface area contributed by atoms with Gasteiger partial charge >= 0.3 is 5.97 Å². The second-order valence-electron chi connectivity index (χ2n) is 5.33. The van der Waals surface area contributed by atoms with Crippen LogP contribution in [0.25, 0.3) is 0 Å². The van der Waals surface area contributed by atoms with Crippen LogP contribution in [-0.4, -0.2) is 24.4 Å². The van der Waals surface area contributed by atoms with Gasteiger partial charge in [-0.15, -0.1) is 0 Å². The van der Waals surface area contributed by atoms with E-state index in [1.807, 2.05) is 0 Å². The molecule has 28 heavy (non-hydrogen) atoms. The standard InChI is InChI=1S/C17H11F5N2O4/c1-7(25)23-9-4-2-8(3-5-9)17(27)28-6-10(26)24-16-14(21)12(19)11(18)13(20)15(16)22/h2-5H,6H2,1H3,(H,23,25)(H,24,26). The molecule has 0 radical (unpaired) electrons. The fourth-order valence-corrected chi connectivity index (χ4v) is 2.00. The molecule has 0 bridgehead atoms. The molecule has 2 aromatic carbocycles. The number of rotatable bonds is 5. The van der Waals surface area contributed by atoms with Crippen molar-refractivity contribution >= 4 is 29.2 Å². The van der Waals surface area contributed by atoms with Crippen LogP contribution in [0, 0.1) is 29.1 Å². The van der Waals surface area contributed by atoms with E-state index < -0.39 is 53.3 Å². The van der Waals surface area contributed by atoms with Crippen molar-refractivity contribution in [3.05, 3.63) is 58.9 Å². The number of anilines is 2. The van der Waals surface area contributed by atoms with Gasteiger partial charge in [-0.3, -0.25) is 9.59 Å². The third kappa shape index (κ3) is 4.61. The van der Waals surface area contributed by atoms with Gasteiger partial charge in [-0.05, 0) is 24.3 Å². The van der Waals surface area contributed by atoms with Gasteiger partial charge in [-0.25, -0.2) is 26.7 Å². The summed E-state index contributed by atoms with van der Waals surface area (Å²) in [4.78, 5) is 34.3. The summed E-state index contributed by atoms with van der Waals surface area (Å²) in [6.45, 7) is 0.233. The maximum Gasteiger partial charge on any atom is 0.338 e. The van der Waals surface area contributed by atoms with Gasteiger partial charge in [0.1, 0.15) is 5.69 Å². The lowest BCUT2D eigenvalue weighted by Crippen LogP contribution is -2.23. The summed E-state index contributed by atoms with van der Waals surface area (Å²) in [5, 5.41) is 3.92. The summed E-state index contributed by atoms with van der Waals surface area (Å²) >= 11 is 0. The lowest BCUT2D eigenvalue weighted by Gasteiger charge is -2.10. The molecule has 0 fully saturated rings. The number of nitrogens with one attached hydrogen (secondary N) is 2. The van der Waals surface area contributed by atoms with Crippen molar-refractivity contribution in [2.24, 2.45) is 0 Å².